The van der Waals surface area contributed by atoms with E-state index in [0.29, 0.717) is 0 Å². The highest BCUT2D eigenvalue weighted by atomic mass is 32.1. The van der Waals surface area contributed by atoms with Crippen LogP contribution in [0.15, 0.2) is 0 Å². The largest absolute Gasteiger partial charge is 0.733 e. The van der Waals surface area contributed by atoms with Crippen molar-refractivity contribution in [2.75, 3.05) is 28.2 Å². The molecule has 0 saturated carbocycles. The Hall–Kier alpha value is -0.360. The molecule has 0 aliphatic rings. The van der Waals surface area contributed by atoms with Gasteiger partial charge in [-0.15, -0.1) is 0 Å². The monoisotopic (exact) mass is 203 g/mol. The van der Waals surface area contributed by atoms with Crippen LogP contribution in [0.2, 0.25) is 0 Å². The molecule has 0 saturated heterocycles. The third-order valence-electron chi connectivity index (χ3n) is 0.231. The van der Waals surface area contributed by atoms with Crippen LogP contribution in [0.4, 0.5) is 13.2 Å². The zero-order valence-corrected chi connectivity index (χ0v) is 8.21. The highest BCUT2D eigenvalue weighted by molar-refractivity contribution is 7.77. The minimum atomic E-state index is -4.82. The fourth-order valence-electron chi connectivity index (χ4n) is 0. The molecule has 0 unspecified atom stereocenters. The molecule has 0 amide bonds. The van der Waals surface area contributed by atoms with Crippen LogP contribution < -0.4 is 0 Å². The van der Waals surface area contributed by atoms with Crippen LogP contribution in [0.25, 0.3) is 0 Å². The molecule has 0 N–H and O–H groups in total. The van der Waals surface area contributed by atoms with Crippen molar-refractivity contribution in [2.45, 2.75) is 6.18 Å². The van der Waals surface area contributed by atoms with Gasteiger partial charge in [0.25, 0.3) is 0 Å². The van der Waals surface area contributed by atoms with E-state index in [9.17, 15) is 13.2 Å². The first-order valence-corrected chi connectivity index (χ1v) is 3.42. The first-order valence-electron chi connectivity index (χ1n) is 3.01. The van der Waals surface area contributed by atoms with Crippen molar-refractivity contribution in [1.29, 1.82) is 0 Å². The van der Waals surface area contributed by atoms with Gasteiger partial charge in [-0.3, -0.25) is 0 Å². The maximum Gasteiger partial charge on any atom is 0.428 e. The number of rotatable bonds is 0. The molecule has 0 heterocycles. The molecule has 2 nitrogen and oxygen atoms in total. The molecule has 12 heavy (non-hydrogen) atoms. The number of hydrogen-bond donors (Lipinski definition) is 0. The molecule has 0 aromatic rings. The Kier molecular flexibility index (Phi) is 5.45. The summed E-state index contributed by atoms with van der Waals surface area (Å²) in [6.45, 7) is 0. The summed E-state index contributed by atoms with van der Waals surface area (Å²) in [5.74, 6) is 0. The van der Waals surface area contributed by atoms with Crippen molar-refractivity contribution in [1.82, 2.24) is 0 Å². The maximum atomic E-state index is 10.7. The molecule has 6 heteroatoms. The van der Waals surface area contributed by atoms with Gasteiger partial charge in [0.05, 0.1) is 28.2 Å². The standard InChI is InChI=1S/C4H12N.C2HF3OS/c1-5(2,3)4;3-2(4,5)1(6)7/h1-4H3;(H,6,7)/q+1;/p-1. The van der Waals surface area contributed by atoms with Gasteiger partial charge in [-0.25, -0.2) is 0 Å². The van der Waals surface area contributed by atoms with E-state index in [1.54, 1.807) is 0 Å². The molecule has 74 valence electrons. The fraction of sp³-hybridized carbons (Fsp3) is 0.833. The van der Waals surface area contributed by atoms with Gasteiger partial charge < -0.3 is 21.9 Å². The molecule has 0 atom stereocenters. The average Bonchev–Trinajstić information content (AvgIpc) is 1.55. The minimum absolute atomic E-state index is 1.00. The highest BCUT2D eigenvalue weighted by Crippen LogP contribution is 2.13. The Labute approximate surface area is 75.4 Å². The second-order valence-electron chi connectivity index (χ2n) is 3.47. The topological polar surface area (TPSA) is 17.1 Å². The lowest BCUT2D eigenvalue weighted by Gasteiger charge is -2.14. The van der Waals surface area contributed by atoms with Crippen LogP contribution in [0.1, 0.15) is 0 Å². The molecule has 0 spiro atoms. The lowest BCUT2D eigenvalue weighted by molar-refractivity contribution is -0.849. The van der Waals surface area contributed by atoms with Crippen molar-refractivity contribution in [3.05, 3.63) is 0 Å². The Morgan fingerprint density at radius 2 is 1.25 bits per heavy atom. The van der Waals surface area contributed by atoms with E-state index >= 15 is 0 Å². The zero-order valence-electron chi connectivity index (χ0n) is 7.40. The molecular weight excluding hydrogens is 191 g/mol. The highest BCUT2D eigenvalue weighted by Gasteiger charge is 2.27. The Balaban J connectivity index is 0. The molecule has 0 aliphatic heterocycles. The number of alkyl halides is 3. The normalized spacial score (nSPS) is 11.6. The summed E-state index contributed by atoms with van der Waals surface area (Å²) in [5.41, 5.74) is 0. The minimum Gasteiger partial charge on any atom is -0.733 e. The molecule has 0 aliphatic carbocycles. The summed E-state index contributed by atoms with van der Waals surface area (Å²) in [7, 11) is 8.50. The van der Waals surface area contributed by atoms with Crippen LogP contribution in [0, 0.1) is 0 Å². The fourth-order valence-corrected chi connectivity index (χ4v) is 0. The van der Waals surface area contributed by atoms with E-state index in [4.69, 9.17) is 4.79 Å². The van der Waals surface area contributed by atoms with Crippen LogP contribution in [-0.2, 0) is 17.4 Å². The van der Waals surface area contributed by atoms with E-state index < -0.39 is 11.3 Å². The van der Waals surface area contributed by atoms with Crippen LogP contribution in [-0.4, -0.2) is 44.0 Å². The van der Waals surface area contributed by atoms with Gasteiger partial charge in [-0.05, 0) is 0 Å². The molecule has 0 aromatic carbocycles. The third kappa shape index (κ3) is 22.6. The molecule has 0 rings (SSSR count). The van der Waals surface area contributed by atoms with Crippen LogP contribution in [0.3, 0.4) is 0 Å². The predicted octanol–water partition coefficient (Wildman–Crippen LogP) is 0.945. The molecule has 0 aromatic heterocycles. The summed E-state index contributed by atoms with van der Waals surface area (Å²) in [4.78, 5) is 9.16. The predicted molar refractivity (Wildman–Crippen MR) is 42.4 cm³/mol. The number of carbonyl (C=O) groups excluding carboxylic acids is 1. The van der Waals surface area contributed by atoms with Gasteiger partial charge in [0.2, 0.25) is 0 Å². The van der Waals surface area contributed by atoms with Crippen LogP contribution >= 0.6 is 0 Å². The van der Waals surface area contributed by atoms with Gasteiger partial charge >= 0.3 is 6.18 Å². The van der Waals surface area contributed by atoms with E-state index in [1.807, 2.05) is 0 Å². The van der Waals surface area contributed by atoms with Crippen molar-refractivity contribution in [2.24, 2.45) is 0 Å². The lowest BCUT2D eigenvalue weighted by atomic mass is 10.8. The smallest absolute Gasteiger partial charge is 0.428 e. The van der Waals surface area contributed by atoms with Crippen molar-refractivity contribution in [3.8, 4) is 0 Å². The summed E-state index contributed by atoms with van der Waals surface area (Å²) >= 11 is 3.25. The summed E-state index contributed by atoms with van der Waals surface area (Å²) in [6, 6.07) is 0. The van der Waals surface area contributed by atoms with Crippen molar-refractivity contribution in [3.63, 3.8) is 0 Å². The molecule has 0 radical (unpaired) electrons. The van der Waals surface area contributed by atoms with Gasteiger partial charge in [0.1, 0.15) is 5.12 Å². The van der Waals surface area contributed by atoms with E-state index in [-0.39, 0.29) is 0 Å². The number of carbonyl (C=O) groups is 1. The van der Waals surface area contributed by atoms with Crippen molar-refractivity contribution >= 4 is 17.7 Å². The third-order valence-corrected chi connectivity index (χ3v) is 0.463. The van der Waals surface area contributed by atoms with Gasteiger partial charge in [0, 0.05) is 0 Å². The molecular formula is C6H12F3NOS. The number of quaternary nitrogens is 1. The average molecular weight is 203 g/mol. The quantitative estimate of drug-likeness (QED) is 0.430. The first kappa shape index (κ1) is 14.2. The second kappa shape index (κ2) is 4.61. The number of hydrogen-bond acceptors (Lipinski definition) is 2. The second-order valence-corrected chi connectivity index (χ2v) is 3.84. The number of halogens is 3. The van der Waals surface area contributed by atoms with Gasteiger partial charge in [-0.2, -0.15) is 13.2 Å². The van der Waals surface area contributed by atoms with E-state index in [2.05, 4.69) is 40.8 Å². The molecule has 0 bridgehead atoms. The van der Waals surface area contributed by atoms with Crippen molar-refractivity contribution < 1.29 is 22.4 Å². The lowest BCUT2D eigenvalue weighted by Crippen LogP contribution is -2.27. The molecule has 0 fully saturated rings. The van der Waals surface area contributed by atoms with E-state index in [1.165, 1.54) is 0 Å². The van der Waals surface area contributed by atoms with Crippen LogP contribution in [0.5, 0.6) is 0 Å². The SMILES string of the molecule is C[N+](C)(C)C.O=C([S-])C(F)(F)F. The summed E-state index contributed by atoms with van der Waals surface area (Å²) < 4.78 is 33.2. The Morgan fingerprint density at radius 3 is 1.25 bits per heavy atom. The first-order chi connectivity index (χ1) is 4.94. The maximum absolute atomic E-state index is 10.7. The summed E-state index contributed by atoms with van der Waals surface area (Å²) in [5, 5.41) is -2.17. The van der Waals surface area contributed by atoms with Gasteiger partial charge in [-0.1, -0.05) is 0 Å². The van der Waals surface area contributed by atoms with E-state index in [0.717, 1.165) is 4.48 Å². The summed E-state index contributed by atoms with van der Waals surface area (Å²) in [6.07, 6.45) is -4.82. The number of nitrogens with zero attached hydrogens (tertiary/aromatic N) is 1. The Morgan fingerprint density at radius 1 is 1.17 bits per heavy atom. The van der Waals surface area contributed by atoms with Gasteiger partial charge in [0.15, 0.2) is 0 Å². The zero-order chi connectivity index (χ0) is 10.6. The Bertz CT molecular complexity index is 144.